The van der Waals surface area contributed by atoms with Crippen molar-refractivity contribution in [2.24, 2.45) is 7.05 Å². The number of nitrogens with one attached hydrogen (secondary N) is 1. The number of nitrogens with zero attached hydrogens (tertiary/aromatic N) is 2. The molecule has 20 heavy (non-hydrogen) atoms. The molecule has 0 aliphatic carbocycles. The number of amides is 1. The maximum atomic E-state index is 12.0. The number of pyridine rings is 1. The molecule has 6 nitrogen and oxygen atoms in total. The zero-order chi connectivity index (χ0) is 14.7. The second-order valence-electron chi connectivity index (χ2n) is 4.22. The van der Waals surface area contributed by atoms with Crippen molar-refractivity contribution in [3.8, 4) is 0 Å². The normalized spacial score (nSPS) is 10.3. The summed E-state index contributed by atoms with van der Waals surface area (Å²) >= 11 is 3.30. The van der Waals surface area contributed by atoms with Gasteiger partial charge in [-0.2, -0.15) is 0 Å². The second kappa shape index (κ2) is 5.87. The molecule has 0 aliphatic heterocycles. The topological polar surface area (TPSA) is 84.2 Å². The van der Waals surface area contributed by atoms with Gasteiger partial charge in [0.25, 0.3) is 5.91 Å². The predicted molar refractivity (Wildman–Crippen MR) is 76.6 cm³/mol. The first-order valence-electron chi connectivity index (χ1n) is 5.75. The first-order chi connectivity index (χ1) is 9.45. The van der Waals surface area contributed by atoms with Gasteiger partial charge >= 0.3 is 5.97 Å². The average molecular weight is 338 g/mol. The first-order valence-corrected chi connectivity index (χ1v) is 6.55. The molecule has 0 radical (unpaired) electrons. The number of anilines is 1. The van der Waals surface area contributed by atoms with Gasteiger partial charge in [0.1, 0.15) is 5.69 Å². The molecule has 2 heterocycles. The first kappa shape index (κ1) is 14.3. The molecule has 0 bridgehead atoms. The highest BCUT2D eigenvalue weighted by molar-refractivity contribution is 9.10. The minimum Gasteiger partial charge on any atom is -0.481 e. The van der Waals surface area contributed by atoms with Gasteiger partial charge in [-0.1, -0.05) is 0 Å². The molecule has 7 heteroatoms. The van der Waals surface area contributed by atoms with Gasteiger partial charge in [-0.15, -0.1) is 0 Å². The summed E-state index contributed by atoms with van der Waals surface area (Å²) in [4.78, 5) is 26.6. The van der Waals surface area contributed by atoms with Crippen molar-refractivity contribution in [1.29, 1.82) is 0 Å². The lowest BCUT2D eigenvalue weighted by Gasteiger charge is -2.06. The Morgan fingerprint density at radius 2 is 2.20 bits per heavy atom. The number of rotatable bonds is 4. The molecule has 1 amide bonds. The van der Waals surface area contributed by atoms with Crippen LogP contribution in [-0.2, 0) is 18.3 Å². The van der Waals surface area contributed by atoms with E-state index >= 15 is 0 Å². The van der Waals surface area contributed by atoms with Crippen LogP contribution in [0.4, 0.5) is 5.69 Å². The summed E-state index contributed by atoms with van der Waals surface area (Å²) in [5.41, 5.74) is 1.46. The molecule has 0 spiro atoms. The maximum absolute atomic E-state index is 12.0. The van der Waals surface area contributed by atoms with Gasteiger partial charge in [-0.25, -0.2) is 0 Å². The minimum atomic E-state index is -0.942. The van der Waals surface area contributed by atoms with E-state index in [1.165, 1.54) is 6.20 Å². The molecule has 0 aliphatic rings. The predicted octanol–water partition coefficient (Wildman–Crippen LogP) is 2.06. The number of hydrogen-bond donors (Lipinski definition) is 2. The highest BCUT2D eigenvalue weighted by atomic mass is 79.9. The average Bonchev–Trinajstić information content (AvgIpc) is 2.70. The summed E-state index contributed by atoms with van der Waals surface area (Å²) in [6.45, 7) is 0. The summed E-state index contributed by atoms with van der Waals surface area (Å²) in [6.07, 6.45) is 3.08. The number of halogens is 1. The van der Waals surface area contributed by atoms with Crippen LogP contribution in [0.25, 0.3) is 0 Å². The van der Waals surface area contributed by atoms with Gasteiger partial charge in [-0.05, 0) is 34.1 Å². The lowest BCUT2D eigenvalue weighted by Crippen LogP contribution is -2.15. The van der Waals surface area contributed by atoms with E-state index in [-0.39, 0.29) is 12.3 Å². The number of carboxylic acids is 1. The summed E-state index contributed by atoms with van der Waals surface area (Å²) in [5, 5.41) is 11.3. The van der Waals surface area contributed by atoms with E-state index in [1.807, 2.05) is 0 Å². The molecule has 2 aromatic rings. The third-order valence-electron chi connectivity index (χ3n) is 2.62. The smallest absolute Gasteiger partial charge is 0.309 e. The zero-order valence-electron chi connectivity index (χ0n) is 10.6. The van der Waals surface area contributed by atoms with Crippen LogP contribution in [-0.4, -0.2) is 26.5 Å². The Morgan fingerprint density at radius 1 is 1.45 bits per heavy atom. The highest BCUT2D eigenvalue weighted by Gasteiger charge is 2.11. The summed E-state index contributed by atoms with van der Waals surface area (Å²) in [5.74, 6) is -1.20. The van der Waals surface area contributed by atoms with Crippen molar-refractivity contribution in [3.05, 3.63) is 46.5 Å². The molecule has 2 rings (SSSR count). The summed E-state index contributed by atoms with van der Waals surface area (Å²) in [7, 11) is 1.77. The van der Waals surface area contributed by atoms with Gasteiger partial charge in [0, 0.05) is 17.7 Å². The van der Waals surface area contributed by atoms with Gasteiger partial charge in [0.2, 0.25) is 0 Å². The van der Waals surface area contributed by atoms with Crippen LogP contribution in [0.3, 0.4) is 0 Å². The molecule has 0 atom stereocenters. The standard InChI is InChI=1S/C13H12BrN3O3/c1-17-7-8(14)4-11(17)13(20)16-10-3-2-9(15-6-10)5-12(18)19/h2-4,6-7H,5H2,1H3,(H,16,20)(H,18,19). The SMILES string of the molecule is Cn1cc(Br)cc1C(=O)Nc1ccc(CC(=O)O)nc1. The van der Waals surface area contributed by atoms with Crippen LogP contribution in [0, 0.1) is 0 Å². The second-order valence-corrected chi connectivity index (χ2v) is 5.13. The number of hydrogen-bond acceptors (Lipinski definition) is 3. The van der Waals surface area contributed by atoms with E-state index in [0.29, 0.717) is 17.1 Å². The van der Waals surface area contributed by atoms with E-state index < -0.39 is 5.97 Å². The van der Waals surface area contributed by atoms with E-state index in [2.05, 4.69) is 26.2 Å². The fourth-order valence-corrected chi connectivity index (χ4v) is 2.23. The Hall–Kier alpha value is -2.15. The van der Waals surface area contributed by atoms with Crippen LogP contribution in [0.1, 0.15) is 16.2 Å². The van der Waals surface area contributed by atoms with E-state index in [0.717, 1.165) is 4.47 Å². The highest BCUT2D eigenvalue weighted by Crippen LogP contribution is 2.15. The molecule has 0 aromatic carbocycles. The van der Waals surface area contributed by atoms with Gasteiger partial charge in [-0.3, -0.25) is 14.6 Å². The van der Waals surface area contributed by atoms with Crippen molar-refractivity contribution in [3.63, 3.8) is 0 Å². The van der Waals surface area contributed by atoms with Crippen LogP contribution >= 0.6 is 15.9 Å². The van der Waals surface area contributed by atoms with Crippen molar-refractivity contribution in [2.75, 3.05) is 5.32 Å². The quantitative estimate of drug-likeness (QED) is 0.894. The van der Waals surface area contributed by atoms with Crippen molar-refractivity contribution >= 4 is 33.5 Å². The van der Waals surface area contributed by atoms with Crippen molar-refractivity contribution < 1.29 is 14.7 Å². The number of aliphatic carboxylic acids is 1. The summed E-state index contributed by atoms with van der Waals surface area (Å²) in [6, 6.07) is 4.91. The molecule has 0 unspecified atom stereocenters. The van der Waals surface area contributed by atoms with E-state index in [4.69, 9.17) is 5.11 Å². The lowest BCUT2D eigenvalue weighted by molar-refractivity contribution is -0.136. The molecule has 2 N–H and O–H groups in total. The van der Waals surface area contributed by atoms with Crippen molar-refractivity contribution in [1.82, 2.24) is 9.55 Å². The van der Waals surface area contributed by atoms with Gasteiger partial charge < -0.3 is 15.0 Å². The fourth-order valence-electron chi connectivity index (χ4n) is 1.70. The van der Waals surface area contributed by atoms with E-state index in [9.17, 15) is 9.59 Å². The number of carbonyl (C=O) groups is 2. The van der Waals surface area contributed by atoms with Gasteiger partial charge in [0.15, 0.2) is 0 Å². The monoisotopic (exact) mass is 337 g/mol. The Kier molecular flexibility index (Phi) is 4.19. The Labute approximate surface area is 123 Å². The molecular formula is C13H12BrN3O3. The van der Waals surface area contributed by atoms with Crippen molar-refractivity contribution in [2.45, 2.75) is 6.42 Å². The fraction of sp³-hybridized carbons (Fsp3) is 0.154. The molecule has 2 aromatic heterocycles. The minimum absolute atomic E-state index is 0.140. The largest absolute Gasteiger partial charge is 0.481 e. The number of aromatic nitrogens is 2. The Balaban J connectivity index is 2.08. The molecule has 0 saturated carbocycles. The molecule has 0 saturated heterocycles. The van der Waals surface area contributed by atoms with E-state index in [1.54, 1.807) is 36.0 Å². The number of carboxylic acid groups (broad SMARTS) is 1. The summed E-state index contributed by atoms with van der Waals surface area (Å²) < 4.78 is 2.52. The molecule has 0 fully saturated rings. The number of carbonyl (C=O) groups excluding carboxylic acids is 1. The Morgan fingerprint density at radius 3 is 2.70 bits per heavy atom. The van der Waals surface area contributed by atoms with Crippen LogP contribution in [0.15, 0.2) is 35.1 Å². The molecular weight excluding hydrogens is 326 g/mol. The number of aryl methyl sites for hydroxylation is 1. The van der Waals surface area contributed by atoms with Crippen LogP contribution < -0.4 is 5.32 Å². The molecule has 104 valence electrons. The zero-order valence-corrected chi connectivity index (χ0v) is 12.2. The third-order valence-corrected chi connectivity index (χ3v) is 3.05. The van der Waals surface area contributed by atoms with Crippen LogP contribution in [0.2, 0.25) is 0 Å². The third kappa shape index (κ3) is 3.45. The van der Waals surface area contributed by atoms with Gasteiger partial charge in [0.05, 0.1) is 24.0 Å². The van der Waals surface area contributed by atoms with Crippen LogP contribution in [0.5, 0.6) is 0 Å². The Bertz CT molecular complexity index is 649. The lowest BCUT2D eigenvalue weighted by atomic mass is 10.2. The maximum Gasteiger partial charge on any atom is 0.309 e.